The zero-order chi connectivity index (χ0) is 13.5. The van der Waals surface area contributed by atoms with Gasteiger partial charge in [0.25, 0.3) is 0 Å². The van der Waals surface area contributed by atoms with E-state index < -0.39 is 18.1 Å². The number of hydrogen-bond acceptors (Lipinski definition) is 4. The third-order valence-electron chi connectivity index (χ3n) is 3.01. The number of hydrogen-bond donors (Lipinski definition) is 4. The van der Waals surface area contributed by atoms with Crippen LogP contribution in [0.25, 0.3) is 0 Å². The van der Waals surface area contributed by atoms with Crippen molar-refractivity contribution in [2.45, 2.75) is 32.0 Å². The molecule has 7 nitrogen and oxygen atoms in total. The number of carboxylic acid groups (broad SMARTS) is 1. The van der Waals surface area contributed by atoms with Gasteiger partial charge in [-0.15, -0.1) is 0 Å². The summed E-state index contributed by atoms with van der Waals surface area (Å²) in [6.45, 7) is 2.93. The van der Waals surface area contributed by atoms with Gasteiger partial charge in [0.2, 0.25) is 0 Å². The summed E-state index contributed by atoms with van der Waals surface area (Å²) in [7, 11) is 0. The van der Waals surface area contributed by atoms with Gasteiger partial charge in [0.1, 0.15) is 0 Å². The first kappa shape index (κ1) is 14.7. The second kappa shape index (κ2) is 7.17. The molecule has 0 aromatic carbocycles. The normalized spacial score (nSPS) is 24.6. The molecular weight excluding hydrogens is 240 g/mol. The van der Waals surface area contributed by atoms with Crippen molar-refractivity contribution in [2.24, 2.45) is 5.92 Å². The Morgan fingerprint density at radius 3 is 2.78 bits per heavy atom. The highest BCUT2D eigenvalue weighted by Gasteiger charge is 2.26. The molecular formula is C11H20N2O5. The summed E-state index contributed by atoms with van der Waals surface area (Å²) >= 11 is 0. The second-order valence-electron chi connectivity index (χ2n) is 4.31. The molecule has 1 saturated heterocycles. The van der Waals surface area contributed by atoms with Crippen LogP contribution in [0.5, 0.6) is 0 Å². The maximum Gasteiger partial charge on any atom is 0.334 e. The van der Waals surface area contributed by atoms with Crippen molar-refractivity contribution in [3.05, 3.63) is 0 Å². The van der Waals surface area contributed by atoms with Crippen LogP contribution in [-0.4, -0.2) is 54.1 Å². The Morgan fingerprint density at radius 1 is 1.44 bits per heavy atom. The minimum atomic E-state index is -1.58. The number of aliphatic hydroxyl groups is 1. The Hall–Kier alpha value is -1.34. The highest BCUT2D eigenvalue weighted by molar-refractivity contribution is 5.76. The van der Waals surface area contributed by atoms with E-state index >= 15 is 0 Å². The van der Waals surface area contributed by atoms with Crippen molar-refractivity contribution in [2.75, 3.05) is 19.7 Å². The molecule has 3 atom stereocenters. The molecule has 18 heavy (non-hydrogen) atoms. The van der Waals surface area contributed by atoms with Crippen LogP contribution in [0, 0.1) is 5.92 Å². The molecule has 104 valence electrons. The summed E-state index contributed by atoms with van der Waals surface area (Å²) in [4.78, 5) is 21.7. The van der Waals surface area contributed by atoms with Gasteiger partial charge >= 0.3 is 12.0 Å². The first-order valence-corrected chi connectivity index (χ1v) is 6.08. The van der Waals surface area contributed by atoms with Crippen molar-refractivity contribution in [3.63, 3.8) is 0 Å². The molecule has 0 bridgehead atoms. The quantitative estimate of drug-likeness (QED) is 0.517. The van der Waals surface area contributed by atoms with Crippen LogP contribution in [-0.2, 0) is 9.53 Å². The molecule has 0 radical (unpaired) electrons. The Balaban J connectivity index is 2.19. The number of carbonyl (C=O) groups excluding carboxylic acids is 1. The average molecular weight is 260 g/mol. The number of aliphatic carboxylic acids is 1. The third kappa shape index (κ3) is 4.50. The average Bonchev–Trinajstić information content (AvgIpc) is 2.80. The van der Waals surface area contributed by atoms with Gasteiger partial charge in [-0.25, -0.2) is 9.59 Å². The van der Waals surface area contributed by atoms with Crippen molar-refractivity contribution >= 4 is 12.0 Å². The Morgan fingerprint density at radius 2 is 2.17 bits per heavy atom. The van der Waals surface area contributed by atoms with E-state index in [1.165, 1.54) is 0 Å². The molecule has 4 N–H and O–H groups in total. The lowest BCUT2D eigenvalue weighted by Crippen LogP contribution is -2.44. The summed E-state index contributed by atoms with van der Waals surface area (Å²) in [6.07, 6.45) is 0.422. The van der Waals surface area contributed by atoms with Crippen LogP contribution >= 0.6 is 0 Å². The lowest BCUT2D eigenvalue weighted by Gasteiger charge is -2.17. The lowest BCUT2D eigenvalue weighted by atomic mass is 10.00. The summed E-state index contributed by atoms with van der Waals surface area (Å²) < 4.78 is 5.49. The zero-order valence-corrected chi connectivity index (χ0v) is 10.4. The van der Waals surface area contributed by atoms with E-state index in [4.69, 9.17) is 14.9 Å². The number of carbonyl (C=O) groups is 2. The van der Waals surface area contributed by atoms with E-state index in [0.29, 0.717) is 19.1 Å². The molecule has 1 fully saturated rings. The van der Waals surface area contributed by atoms with Crippen LogP contribution in [0.4, 0.5) is 4.79 Å². The van der Waals surface area contributed by atoms with Crippen LogP contribution in [0.3, 0.4) is 0 Å². The fourth-order valence-electron chi connectivity index (χ4n) is 1.94. The maximum absolute atomic E-state index is 11.4. The summed E-state index contributed by atoms with van der Waals surface area (Å²) in [5.41, 5.74) is 0. The monoisotopic (exact) mass is 260 g/mol. The summed E-state index contributed by atoms with van der Waals surface area (Å²) in [5.74, 6) is -1.06. The molecule has 0 aromatic heterocycles. The van der Waals surface area contributed by atoms with Crippen molar-refractivity contribution < 1.29 is 24.5 Å². The molecule has 1 rings (SSSR count). The highest BCUT2D eigenvalue weighted by atomic mass is 16.5. The minimum absolute atomic E-state index is 0.176. The standard InChI is InChI=1S/C11H20N2O5/c1-2-9-7(3-4-18-9)5-12-11(17)13-6-8(14)10(15)16/h7-9,14H,2-6H2,1H3,(H,15,16)(H2,12,13,17)/t7?,8-,9?/m0/s1. The van der Waals surface area contributed by atoms with Gasteiger partial charge in [0.05, 0.1) is 12.6 Å². The van der Waals surface area contributed by atoms with Gasteiger partial charge in [-0.2, -0.15) is 0 Å². The van der Waals surface area contributed by atoms with Crippen molar-refractivity contribution in [3.8, 4) is 0 Å². The largest absolute Gasteiger partial charge is 0.479 e. The Bertz CT molecular complexity index is 297. The molecule has 7 heteroatoms. The lowest BCUT2D eigenvalue weighted by molar-refractivity contribution is -0.146. The zero-order valence-electron chi connectivity index (χ0n) is 10.4. The second-order valence-corrected chi connectivity index (χ2v) is 4.31. The van der Waals surface area contributed by atoms with Gasteiger partial charge in [-0.3, -0.25) is 0 Å². The molecule has 0 spiro atoms. The summed E-state index contributed by atoms with van der Waals surface area (Å²) in [5, 5.41) is 22.3. The van der Waals surface area contributed by atoms with Gasteiger partial charge in [0.15, 0.2) is 6.10 Å². The van der Waals surface area contributed by atoms with Crippen molar-refractivity contribution in [1.82, 2.24) is 10.6 Å². The number of carboxylic acids is 1. The van der Waals surface area contributed by atoms with Gasteiger partial charge < -0.3 is 25.6 Å². The predicted molar refractivity (Wildman–Crippen MR) is 63.2 cm³/mol. The first-order valence-electron chi connectivity index (χ1n) is 6.08. The van der Waals surface area contributed by atoms with Crippen LogP contribution in [0.15, 0.2) is 0 Å². The molecule has 1 aliphatic rings. The molecule has 0 aliphatic carbocycles. The SMILES string of the molecule is CCC1OCCC1CNC(=O)NC[C@H](O)C(=O)O. The highest BCUT2D eigenvalue weighted by Crippen LogP contribution is 2.22. The van der Waals surface area contributed by atoms with E-state index in [1.807, 2.05) is 6.92 Å². The molecule has 1 heterocycles. The minimum Gasteiger partial charge on any atom is -0.479 e. The van der Waals surface area contributed by atoms with E-state index in [-0.39, 0.29) is 12.6 Å². The third-order valence-corrected chi connectivity index (χ3v) is 3.01. The number of aliphatic hydroxyl groups excluding tert-OH is 1. The van der Waals surface area contributed by atoms with Crippen LogP contribution in [0.1, 0.15) is 19.8 Å². The molecule has 1 aliphatic heterocycles. The van der Waals surface area contributed by atoms with E-state index in [9.17, 15) is 9.59 Å². The molecule has 0 saturated carbocycles. The Labute approximate surface area is 106 Å². The number of nitrogens with one attached hydrogen (secondary N) is 2. The van der Waals surface area contributed by atoms with Crippen LogP contribution in [0.2, 0.25) is 0 Å². The fraction of sp³-hybridized carbons (Fsp3) is 0.818. The topological polar surface area (TPSA) is 108 Å². The fourth-order valence-corrected chi connectivity index (χ4v) is 1.94. The first-order chi connectivity index (χ1) is 8.54. The molecule has 0 aromatic rings. The number of urea groups is 1. The van der Waals surface area contributed by atoms with E-state index in [0.717, 1.165) is 12.8 Å². The van der Waals surface area contributed by atoms with Crippen LogP contribution < -0.4 is 10.6 Å². The summed E-state index contributed by atoms with van der Waals surface area (Å²) in [6, 6.07) is -0.475. The molecule has 2 amide bonds. The van der Waals surface area contributed by atoms with Gasteiger partial charge in [-0.1, -0.05) is 6.92 Å². The van der Waals surface area contributed by atoms with Gasteiger partial charge in [0, 0.05) is 19.1 Å². The number of amides is 2. The molecule has 2 unspecified atom stereocenters. The number of rotatable bonds is 6. The maximum atomic E-state index is 11.4. The number of ether oxygens (including phenoxy) is 1. The van der Waals surface area contributed by atoms with E-state index in [2.05, 4.69) is 10.6 Å². The van der Waals surface area contributed by atoms with E-state index in [1.54, 1.807) is 0 Å². The Kier molecular flexibility index (Phi) is 5.87. The van der Waals surface area contributed by atoms with Gasteiger partial charge in [-0.05, 0) is 12.8 Å². The smallest absolute Gasteiger partial charge is 0.334 e. The van der Waals surface area contributed by atoms with Crippen molar-refractivity contribution in [1.29, 1.82) is 0 Å². The predicted octanol–water partition coefficient (Wildman–Crippen LogP) is -0.454.